The van der Waals surface area contributed by atoms with Gasteiger partial charge in [-0.1, -0.05) is 72.8 Å². The lowest BCUT2D eigenvalue weighted by Gasteiger charge is -2.08. The largest absolute Gasteiger partial charge is 0.138 e. The van der Waals surface area contributed by atoms with E-state index in [2.05, 4.69) is 121 Å². The minimum atomic E-state index is 1.16. The SMILES string of the molecule is C1=Cc2c(sc3c2ccc2c4cc(-c5cccc(-c6ccc7sc8ccc9sc%10ccccc%10c9c8c7c6)c5)ccc4sc23)CC1. The fraction of sp³-hybridized carbons (Fsp3) is 0.0476. The average Bonchev–Trinajstić information content (AvgIpc) is 3.87. The van der Waals surface area contributed by atoms with Gasteiger partial charge < -0.3 is 0 Å². The fourth-order valence-corrected chi connectivity index (χ4v) is 12.4. The van der Waals surface area contributed by atoms with E-state index >= 15 is 0 Å². The second kappa shape index (κ2) is 9.60. The van der Waals surface area contributed by atoms with Crippen LogP contribution in [0.4, 0.5) is 0 Å². The number of thiophene rings is 4. The van der Waals surface area contributed by atoms with Gasteiger partial charge in [-0.3, -0.25) is 0 Å². The third-order valence-electron chi connectivity index (χ3n) is 9.74. The Kier molecular flexibility index (Phi) is 5.39. The normalized spacial score (nSPS) is 13.4. The molecule has 10 aromatic rings. The van der Waals surface area contributed by atoms with Crippen LogP contribution in [0.15, 0.2) is 115 Å². The molecule has 0 atom stereocenters. The molecule has 0 spiro atoms. The topological polar surface area (TPSA) is 0 Å². The number of allylic oxidation sites excluding steroid dienone is 1. The van der Waals surface area contributed by atoms with Crippen LogP contribution in [0.25, 0.3) is 98.9 Å². The number of hydrogen-bond acceptors (Lipinski definition) is 4. The van der Waals surface area contributed by atoms with Crippen molar-refractivity contribution >= 4 is 122 Å². The molecule has 0 amide bonds. The maximum atomic E-state index is 2.43. The van der Waals surface area contributed by atoms with Gasteiger partial charge in [-0.25, -0.2) is 0 Å². The number of rotatable bonds is 2. The van der Waals surface area contributed by atoms with E-state index in [0.29, 0.717) is 0 Å². The summed E-state index contributed by atoms with van der Waals surface area (Å²) in [6.45, 7) is 0. The second-order valence-corrected chi connectivity index (χ2v) is 16.6. The number of benzene rings is 6. The molecule has 4 heterocycles. The minimum Gasteiger partial charge on any atom is -0.138 e. The van der Waals surface area contributed by atoms with Gasteiger partial charge in [-0.05, 0) is 89.2 Å². The first-order valence-electron chi connectivity index (χ1n) is 15.7. The summed E-state index contributed by atoms with van der Waals surface area (Å²) in [6, 6.07) is 41.4. The van der Waals surface area contributed by atoms with Gasteiger partial charge in [0, 0.05) is 66.1 Å². The molecule has 0 nitrogen and oxygen atoms in total. The Hall–Kier alpha value is -4.32. The van der Waals surface area contributed by atoms with E-state index in [-0.39, 0.29) is 0 Å². The van der Waals surface area contributed by atoms with Crippen molar-refractivity contribution in [3.05, 3.63) is 126 Å². The molecule has 0 saturated heterocycles. The van der Waals surface area contributed by atoms with Crippen LogP contribution in [0.5, 0.6) is 0 Å². The molecule has 0 N–H and O–H groups in total. The summed E-state index contributed by atoms with van der Waals surface area (Å²) in [5.41, 5.74) is 6.51. The highest BCUT2D eigenvalue weighted by molar-refractivity contribution is 7.31. The quantitative estimate of drug-likeness (QED) is 0.174. The molecule has 0 saturated carbocycles. The lowest BCUT2D eigenvalue weighted by atomic mass is 9.96. The highest BCUT2D eigenvalue weighted by Crippen LogP contribution is 2.47. The predicted molar refractivity (Wildman–Crippen MR) is 209 cm³/mol. The lowest BCUT2D eigenvalue weighted by molar-refractivity contribution is 1.02. The minimum absolute atomic E-state index is 1.16. The molecule has 4 heteroatoms. The van der Waals surface area contributed by atoms with Gasteiger partial charge >= 0.3 is 0 Å². The summed E-state index contributed by atoms with van der Waals surface area (Å²) in [4.78, 5) is 1.54. The number of fused-ring (bicyclic) bond motifs is 14. The third kappa shape index (κ3) is 3.64. The fourth-order valence-electron chi connectivity index (χ4n) is 7.56. The van der Waals surface area contributed by atoms with Crippen LogP contribution in [-0.4, -0.2) is 0 Å². The highest BCUT2D eigenvalue weighted by atomic mass is 32.1. The summed E-state index contributed by atoms with van der Waals surface area (Å²) >= 11 is 7.77. The molecule has 0 radical (unpaired) electrons. The van der Waals surface area contributed by atoms with Gasteiger partial charge in [0.05, 0.1) is 9.40 Å². The van der Waals surface area contributed by atoms with E-state index in [1.54, 1.807) is 4.88 Å². The van der Waals surface area contributed by atoms with Gasteiger partial charge in [0.2, 0.25) is 0 Å². The zero-order chi connectivity index (χ0) is 29.9. The molecule has 1 aliphatic rings. The molecule has 0 aliphatic heterocycles. The van der Waals surface area contributed by atoms with Crippen molar-refractivity contribution < 1.29 is 0 Å². The maximum absolute atomic E-state index is 2.43. The Bertz CT molecular complexity index is 2920. The lowest BCUT2D eigenvalue weighted by Crippen LogP contribution is -1.86. The summed E-state index contributed by atoms with van der Waals surface area (Å²) in [6.07, 6.45) is 6.99. The van der Waals surface area contributed by atoms with E-state index in [4.69, 9.17) is 0 Å². The Balaban J connectivity index is 1.05. The van der Waals surface area contributed by atoms with Crippen molar-refractivity contribution in [2.75, 3.05) is 0 Å². The second-order valence-electron chi connectivity index (χ2n) is 12.3. The molecule has 4 aromatic heterocycles. The van der Waals surface area contributed by atoms with Crippen molar-refractivity contribution in [3.8, 4) is 22.3 Å². The number of hydrogen-bond donors (Lipinski definition) is 0. The van der Waals surface area contributed by atoms with Crippen LogP contribution >= 0.6 is 45.3 Å². The van der Waals surface area contributed by atoms with Crippen molar-refractivity contribution in [1.29, 1.82) is 0 Å². The Morgan fingerprint density at radius 3 is 1.87 bits per heavy atom. The van der Waals surface area contributed by atoms with E-state index in [1.807, 2.05) is 45.3 Å². The van der Waals surface area contributed by atoms with E-state index in [0.717, 1.165) is 6.42 Å². The average molecular weight is 657 g/mol. The monoisotopic (exact) mass is 656 g/mol. The van der Waals surface area contributed by atoms with E-state index < -0.39 is 0 Å². The Labute approximate surface area is 281 Å². The van der Waals surface area contributed by atoms with Crippen molar-refractivity contribution in [2.45, 2.75) is 12.8 Å². The smallest absolute Gasteiger partial charge is 0.0534 e. The molecule has 1 aliphatic carbocycles. The summed E-state index contributed by atoms with van der Waals surface area (Å²) in [7, 11) is 0. The molecular formula is C42H24S4. The predicted octanol–water partition coefficient (Wildman–Crippen LogP) is 14.3. The molecule has 11 rings (SSSR count). The van der Waals surface area contributed by atoms with E-state index in [1.165, 1.54) is 105 Å². The van der Waals surface area contributed by atoms with Gasteiger partial charge in [0.15, 0.2) is 0 Å². The first kappa shape index (κ1) is 25.8. The molecule has 0 fully saturated rings. The first-order valence-corrected chi connectivity index (χ1v) is 19.0. The molecule has 0 bridgehead atoms. The van der Waals surface area contributed by atoms with Gasteiger partial charge in [-0.15, -0.1) is 45.3 Å². The standard InChI is InChI=1S/C42H24S4/c1-3-10-33-27(8-1)28-14-15-29-31-21-25(12-16-35(31)46-42(29)41(28)45-33)23-6-5-7-24(20-23)26-13-17-36-32(22-26)40-38(44-36)19-18-37-39(40)30-9-2-4-11-34(30)43-37/h1-2,4-9,11-22H,3,10H2. The highest BCUT2D eigenvalue weighted by Gasteiger charge is 2.18. The van der Waals surface area contributed by atoms with Crippen LogP contribution in [0.3, 0.4) is 0 Å². The number of aryl methyl sites for hydroxylation is 1. The van der Waals surface area contributed by atoms with Crippen LogP contribution in [-0.2, 0) is 6.42 Å². The first-order chi connectivity index (χ1) is 22.8. The Morgan fingerprint density at radius 2 is 1.04 bits per heavy atom. The zero-order valence-corrected chi connectivity index (χ0v) is 27.9. The molecule has 216 valence electrons. The Morgan fingerprint density at radius 1 is 0.413 bits per heavy atom. The van der Waals surface area contributed by atoms with Gasteiger partial charge in [0.1, 0.15) is 0 Å². The van der Waals surface area contributed by atoms with Gasteiger partial charge in [0.25, 0.3) is 0 Å². The molecule has 46 heavy (non-hydrogen) atoms. The maximum Gasteiger partial charge on any atom is 0.0534 e. The van der Waals surface area contributed by atoms with Crippen LogP contribution in [0.2, 0.25) is 0 Å². The van der Waals surface area contributed by atoms with Gasteiger partial charge in [-0.2, -0.15) is 0 Å². The molecular weight excluding hydrogens is 633 g/mol. The summed E-state index contributed by atoms with van der Waals surface area (Å²) in [5.74, 6) is 0. The van der Waals surface area contributed by atoms with Crippen molar-refractivity contribution in [3.63, 3.8) is 0 Å². The summed E-state index contributed by atoms with van der Waals surface area (Å²) in [5, 5.41) is 9.71. The van der Waals surface area contributed by atoms with Crippen molar-refractivity contribution in [2.24, 2.45) is 0 Å². The van der Waals surface area contributed by atoms with Crippen LogP contribution < -0.4 is 0 Å². The summed E-state index contributed by atoms with van der Waals surface area (Å²) < 4.78 is 9.71. The van der Waals surface area contributed by atoms with E-state index in [9.17, 15) is 0 Å². The molecule has 6 aromatic carbocycles. The molecule has 0 unspecified atom stereocenters. The third-order valence-corrected chi connectivity index (χ3v) is 14.6. The van der Waals surface area contributed by atoms with Crippen LogP contribution in [0, 0.1) is 0 Å². The van der Waals surface area contributed by atoms with Crippen LogP contribution in [0.1, 0.15) is 16.9 Å². The zero-order valence-electron chi connectivity index (χ0n) is 24.6. The van der Waals surface area contributed by atoms with Crippen molar-refractivity contribution in [1.82, 2.24) is 0 Å².